The van der Waals surface area contributed by atoms with Crippen LogP contribution in [0, 0.1) is 5.82 Å². The summed E-state index contributed by atoms with van der Waals surface area (Å²) >= 11 is 5.73. The van der Waals surface area contributed by atoms with Gasteiger partial charge < -0.3 is 15.3 Å². The quantitative estimate of drug-likeness (QED) is 0.865. The number of halogens is 2. The van der Waals surface area contributed by atoms with Gasteiger partial charge in [-0.25, -0.2) is 4.39 Å². The molecule has 3 nitrogen and oxygen atoms in total. The highest BCUT2D eigenvalue weighted by Crippen LogP contribution is 2.27. The molecule has 0 spiro atoms. The van der Waals surface area contributed by atoms with Crippen LogP contribution in [0.25, 0.3) is 0 Å². The molecule has 2 rings (SSSR count). The van der Waals surface area contributed by atoms with Crippen molar-refractivity contribution in [1.82, 2.24) is 10.2 Å². The Morgan fingerprint density at radius 3 is 2.71 bits per heavy atom. The summed E-state index contributed by atoms with van der Waals surface area (Å²) in [6, 6.07) is 2.98. The molecular weight excluding hydrogens is 243 g/mol. The number of hydrogen-bond acceptors (Lipinski definition) is 3. The lowest BCUT2D eigenvalue weighted by molar-refractivity contribution is 0.244. The molecule has 1 aliphatic heterocycles. The van der Waals surface area contributed by atoms with Gasteiger partial charge in [-0.2, -0.15) is 0 Å². The monoisotopic (exact) mass is 258 g/mol. The van der Waals surface area contributed by atoms with E-state index in [2.05, 4.69) is 10.2 Å². The fourth-order valence-corrected chi connectivity index (χ4v) is 2.21. The van der Waals surface area contributed by atoms with Crippen molar-refractivity contribution in [2.45, 2.75) is 6.42 Å². The number of phenols is 1. The Balaban J connectivity index is 1.94. The van der Waals surface area contributed by atoms with E-state index in [9.17, 15) is 9.50 Å². The second-order valence-corrected chi connectivity index (χ2v) is 4.66. The number of benzene rings is 1. The third-order valence-electron chi connectivity index (χ3n) is 3.00. The number of piperazine rings is 1. The van der Waals surface area contributed by atoms with Gasteiger partial charge in [0, 0.05) is 32.7 Å². The molecule has 0 bridgehead atoms. The molecule has 2 N–H and O–H groups in total. The van der Waals surface area contributed by atoms with Crippen molar-refractivity contribution in [3.05, 3.63) is 28.5 Å². The molecule has 17 heavy (non-hydrogen) atoms. The van der Waals surface area contributed by atoms with Gasteiger partial charge in [0.1, 0.15) is 0 Å². The van der Waals surface area contributed by atoms with Crippen LogP contribution in [0.15, 0.2) is 12.1 Å². The van der Waals surface area contributed by atoms with Crippen LogP contribution in [-0.4, -0.2) is 42.7 Å². The number of nitrogens with one attached hydrogen (secondary N) is 1. The molecule has 1 aromatic rings. The third-order valence-corrected chi connectivity index (χ3v) is 3.29. The maximum Gasteiger partial charge on any atom is 0.170 e. The Hall–Kier alpha value is -0.840. The van der Waals surface area contributed by atoms with E-state index in [1.165, 1.54) is 6.07 Å². The summed E-state index contributed by atoms with van der Waals surface area (Å²) < 4.78 is 13.2. The van der Waals surface area contributed by atoms with Gasteiger partial charge in [0.2, 0.25) is 0 Å². The first-order valence-corrected chi connectivity index (χ1v) is 6.14. The standard InChI is InChI=1S/C12H16ClFN2O/c13-10-7-9(8-11(14)12(10)17)1-4-16-5-2-15-3-6-16/h7-8,15,17H,1-6H2. The van der Waals surface area contributed by atoms with Gasteiger partial charge >= 0.3 is 0 Å². The van der Waals surface area contributed by atoms with E-state index in [0.717, 1.165) is 44.7 Å². The molecule has 1 fully saturated rings. The summed E-state index contributed by atoms with van der Waals surface area (Å²) in [4.78, 5) is 2.33. The summed E-state index contributed by atoms with van der Waals surface area (Å²) in [5.74, 6) is -1.11. The van der Waals surface area contributed by atoms with Gasteiger partial charge in [-0.15, -0.1) is 0 Å². The number of hydrogen-bond donors (Lipinski definition) is 2. The molecule has 0 aromatic heterocycles. The molecule has 94 valence electrons. The normalized spacial score (nSPS) is 17.3. The largest absolute Gasteiger partial charge is 0.504 e. The van der Waals surface area contributed by atoms with E-state index in [-0.39, 0.29) is 5.02 Å². The second kappa shape index (κ2) is 5.67. The van der Waals surface area contributed by atoms with Crippen molar-refractivity contribution < 1.29 is 9.50 Å². The highest BCUT2D eigenvalue weighted by Gasteiger charge is 2.11. The van der Waals surface area contributed by atoms with Crippen molar-refractivity contribution in [3.63, 3.8) is 0 Å². The summed E-state index contributed by atoms with van der Waals surface area (Å²) in [7, 11) is 0. The average Bonchev–Trinajstić information content (AvgIpc) is 2.34. The predicted molar refractivity (Wildman–Crippen MR) is 66.1 cm³/mol. The van der Waals surface area contributed by atoms with Crippen molar-refractivity contribution in [2.75, 3.05) is 32.7 Å². The number of phenolic OH excluding ortho intramolecular Hbond substituents is 1. The van der Waals surface area contributed by atoms with Gasteiger partial charge in [0.05, 0.1) is 5.02 Å². The summed E-state index contributed by atoms with van der Waals surface area (Å²) in [5.41, 5.74) is 0.823. The zero-order chi connectivity index (χ0) is 12.3. The Bertz CT molecular complexity index is 371. The third kappa shape index (κ3) is 3.31. The van der Waals surface area contributed by atoms with Crippen molar-refractivity contribution in [3.8, 4) is 5.75 Å². The lowest BCUT2D eigenvalue weighted by Gasteiger charge is -2.27. The maximum atomic E-state index is 13.2. The van der Waals surface area contributed by atoms with Crippen LogP contribution >= 0.6 is 11.6 Å². The van der Waals surface area contributed by atoms with Gasteiger partial charge in [0.25, 0.3) is 0 Å². The number of rotatable bonds is 3. The summed E-state index contributed by atoms with van der Waals surface area (Å²) in [6.07, 6.45) is 0.747. The smallest absolute Gasteiger partial charge is 0.170 e. The Morgan fingerprint density at radius 2 is 2.06 bits per heavy atom. The molecule has 0 atom stereocenters. The molecule has 0 saturated carbocycles. The lowest BCUT2D eigenvalue weighted by atomic mass is 10.1. The van der Waals surface area contributed by atoms with Gasteiger partial charge in [-0.1, -0.05) is 11.6 Å². The molecule has 0 radical (unpaired) electrons. The predicted octanol–water partition coefficient (Wildman–Crippen LogP) is 1.63. The molecule has 1 aromatic carbocycles. The zero-order valence-corrected chi connectivity index (χ0v) is 10.3. The number of nitrogens with zero attached hydrogens (tertiary/aromatic N) is 1. The van der Waals surface area contributed by atoms with Crippen molar-refractivity contribution >= 4 is 11.6 Å². The van der Waals surface area contributed by atoms with E-state index in [1.54, 1.807) is 6.07 Å². The van der Waals surface area contributed by atoms with E-state index in [0.29, 0.717) is 0 Å². The molecule has 0 unspecified atom stereocenters. The van der Waals surface area contributed by atoms with Crippen LogP contribution in [0.2, 0.25) is 5.02 Å². The first-order valence-electron chi connectivity index (χ1n) is 5.77. The molecule has 1 aliphatic rings. The minimum atomic E-state index is -0.646. The minimum Gasteiger partial charge on any atom is -0.504 e. The highest BCUT2D eigenvalue weighted by molar-refractivity contribution is 6.32. The summed E-state index contributed by atoms with van der Waals surface area (Å²) in [5, 5.41) is 12.6. The molecule has 1 saturated heterocycles. The van der Waals surface area contributed by atoms with E-state index in [4.69, 9.17) is 11.6 Å². The topological polar surface area (TPSA) is 35.5 Å². The fourth-order valence-electron chi connectivity index (χ4n) is 1.98. The minimum absolute atomic E-state index is 0.0836. The average molecular weight is 259 g/mol. The van der Waals surface area contributed by atoms with E-state index >= 15 is 0 Å². The molecular formula is C12H16ClFN2O. The van der Waals surface area contributed by atoms with Crippen molar-refractivity contribution in [1.29, 1.82) is 0 Å². The fraction of sp³-hybridized carbons (Fsp3) is 0.500. The lowest BCUT2D eigenvalue weighted by Crippen LogP contribution is -2.44. The first-order chi connectivity index (χ1) is 8.16. The van der Waals surface area contributed by atoms with Crippen LogP contribution < -0.4 is 5.32 Å². The SMILES string of the molecule is Oc1c(F)cc(CCN2CCNCC2)cc1Cl. The van der Waals surface area contributed by atoms with Crippen LogP contribution in [0.5, 0.6) is 5.75 Å². The molecule has 0 amide bonds. The molecule has 0 aliphatic carbocycles. The van der Waals surface area contributed by atoms with Crippen LogP contribution in [0.4, 0.5) is 4.39 Å². The second-order valence-electron chi connectivity index (χ2n) is 4.25. The first kappa shape index (κ1) is 12.6. The Morgan fingerprint density at radius 1 is 1.35 bits per heavy atom. The van der Waals surface area contributed by atoms with Gasteiger partial charge in [0.15, 0.2) is 11.6 Å². The van der Waals surface area contributed by atoms with Crippen LogP contribution in [0.3, 0.4) is 0 Å². The zero-order valence-electron chi connectivity index (χ0n) is 9.55. The molecule has 5 heteroatoms. The summed E-state index contributed by atoms with van der Waals surface area (Å²) in [6.45, 7) is 4.94. The van der Waals surface area contributed by atoms with Crippen molar-refractivity contribution in [2.24, 2.45) is 0 Å². The highest BCUT2D eigenvalue weighted by atomic mass is 35.5. The van der Waals surface area contributed by atoms with Gasteiger partial charge in [-0.05, 0) is 24.1 Å². The van der Waals surface area contributed by atoms with Crippen LogP contribution in [0.1, 0.15) is 5.56 Å². The van der Waals surface area contributed by atoms with Gasteiger partial charge in [-0.3, -0.25) is 0 Å². The Labute approximate surface area is 105 Å². The number of aromatic hydroxyl groups is 1. The maximum absolute atomic E-state index is 13.2. The van der Waals surface area contributed by atoms with Crippen LogP contribution in [-0.2, 0) is 6.42 Å². The van der Waals surface area contributed by atoms with E-state index in [1.807, 2.05) is 0 Å². The molecule has 1 heterocycles. The Kier molecular flexibility index (Phi) is 4.20. The van der Waals surface area contributed by atoms with E-state index < -0.39 is 11.6 Å².